The maximum atomic E-state index is 10.7. The SMILES string of the molecule is C[C@H]1CN(Cc2ccc([N+](=O)[O-])c(Cl)c2)CCN1.Cl. The van der Waals surface area contributed by atoms with Crippen molar-refractivity contribution in [3.05, 3.63) is 38.9 Å². The number of nitro groups is 1. The highest BCUT2D eigenvalue weighted by atomic mass is 35.5. The smallest absolute Gasteiger partial charge is 0.287 e. The zero-order chi connectivity index (χ0) is 13.1. The third-order valence-corrected chi connectivity index (χ3v) is 3.37. The Morgan fingerprint density at radius 3 is 2.89 bits per heavy atom. The first kappa shape index (κ1) is 16.2. The van der Waals surface area contributed by atoms with E-state index in [1.165, 1.54) is 6.07 Å². The molecule has 1 aromatic rings. The van der Waals surface area contributed by atoms with Crippen LogP contribution < -0.4 is 5.32 Å². The molecule has 1 aromatic carbocycles. The van der Waals surface area contributed by atoms with Crippen LogP contribution in [0.15, 0.2) is 18.2 Å². The first-order chi connectivity index (χ1) is 8.56. The molecule has 1 aliphatic heterocycles. The summed E-state index contributed by atoms with van der Waals surface area (Å²) in [7, 11) is 0. The number of piperazine rings is 1. The van der Waals surface area contributed by atoms with Crippen molar-refractivity contribution < 1.29 is 4.92 Å². The van der Waals surface area contributed by atoms with Crippen LogP contribution in [-0.4, -0.2) is 35.5 Å². The Morgan fingerprint density at radius 2 is 2.32 bits per heavy atom. The van der Waals surface area contributed by atoms with Crippen LogP contribution in [0.5, 0.6) is 0 Å². The quantitative estimate of drug-likeness (QED) is 0.688. The van der Waals surface area contributed by atoms with E-state index in [4.69, 9.17) is 11.6 Å². The monoisotopic (exact) mass is 305 g/mol. The van der Waals surface area contributed by atoms with Crippen LogP contribution in [0.3, 0.4) is 0 Å². The van der Waals surface area contributed by atoms with Gasteiger partial charge in [-0.3, -0.25) is 15.0 Å². The maximum Gasteiger partial charge on any atom is 0.287 e. The molecule has 1 atom stereocenters. The van der Waals surface area contributed by atoms with Gasteiger partial charge in [0.05, 0.1) is 4.92 Å². The van der Waals surface area contributed by atoms with Crippen LogP contribution in [0.1, 0.15) is 12.5 Å². The van der Waals surface area contributed by atoms with E-state index in [1.54, 1.807) is 12.1 Å². The summed E-state index contributed by atoms with van der Waals surface area (Å²) in [6.07, 6.45) is 0. The highest BCUT2D eigenvalue weighted by Crippen LogP contribution is 2.25. The predicted molar refractivity (Wildman–Crippen MR) is 78.1 cm³/mol. The summed E-state index contributed by atoms with van der Waals surface area (Å²) in [6.45, 7) is 5.87. The van der Waals surface area contributed by atoms with E-state index in [0.717, 1.165) is 31.7 Å². The van der Waals surface area contributed by atoms with Crippen LogP contribution in [0, 0.1) is 10.1 Å². The zero-order valence-electron chi connectivity index (χ0n) is 10.6. The molecular formula is C12H17Cl2N3O2. The van der Waals surface area contributed by atoms with Gasteiger partial charge >= 0.3 is 0 Å². The Morgan fingerprint density at radius 1 is 1.58 bits per heavy atom. The van der Waals surface area contributed by atoms with E-state index in [2.05, 4.69) is 17.1 Å². The summed E-state index contributed by atoms with van der Waals surface area (Å²) in [5.41, 5.74) is 0.980. The molecule has 1 saturated heterocycles. The Labute approximate surface area is 123 Å². The Hall–Kier alpha value is -0.880. The number of rotatable bonds is 3. The number of benzene rings is 1. The molecule has 1 heterocycles. The minimum absolute atomic E-state index is 0. The standard InChI is InChI=1S/C12H16ClN3O2.ClH/c1-9-7-15(5-4-14-9)8-10-2-3-12(16(17)18)11(13)6-10;/h2-3,6,9,14H,4-5,7-8H2,1H3;1H/t9-;/m0./s1. The van der Waals surface area contributed by atoms with Crippen molar-refractivity contribution in [3.63, 3.8) is 0 Å². The fourth-order valence-corrected chi connectivity index (χ4v) is 2.48. The van der Waals surface area contributed by atoms with Gasteiger partial charge in [0.15, 0.2) is 0 Å². The van der Waals surface area contributed by atoms with Gasteiger partial charge in [-0.15, -0.1) is 12.4 Å². The van der Waals surface area contributed by atoms with Crippen LogP contribution in [0.2, 0.25) is 5.02 Å². The van der Waals surface area contributed by atoms with Gasteiger partial charge < -0.3 is 5.32 Å². The lowest BCUT2D eigenvalue weighted by atomic mass is 10.1. The average molecular weight is 306 g/mol. The molecule has 0 aliphatic carbocycles. The normalized spacial score (nSPS) is 19.8. The maximum absolute atomic E-state index is 10.7. The van der Waals surface area contributed by atoms with Crippen molar-refractivity contribution in [2.75, 3.05) is 19.6 Å². The number of nitrogens with zero attached hydrogens (tertiary/aromatic N) is 2. The van der Waals surface area contributed by atoms with Gasteiger partial charge in [0, 0.05) is 38.3 Å². The molecule has 0 saturated carbocycles. The van der Waals surface area contributed by atoms with Gasteiger partial charge in [0.1, 0.15) is 5.02 Å². The number of nitrogens with one attached hydrogen (secondary N) is 1. The molecule has 7 heteroatoms. The van der Waals surface area contributed by atoms with Crippen LogP contribution in [0.25, 0.3) is 0 Å². The predicted octanol–water partition coefficient (Wildman–Crippen LogP) is 2.46. The molecule has 0 aromatic heterocycles. The largest absolute Gasteiger partial charge is 0.312 e. The van der Waals surface area contributed by atoms with Crippen molar-refractivity contribution in [3.8, 4) is 0 Å². The topological polar surface area (TPSA) is 58.4 Å². The molecule has 0 amide bonds. The van der Waals surface area contributed by atoms with Gasteiger partial charge in [-0.1, -0.05) is 17.7 Å². The van der Waals surface area contributed by atoms with Crippen LogP contribution in [0.4, 0.5) is 5.69 Å². The molecular weight excluding hydrogens is 289 g/mol. The number of nitro benzene ring substituents is 1. The van der Waals surface area contributed by atoms with E-state index in [-0.39, 0.29) is 23.1 Å². The third kappa shape index (κ3) is 4.31. The Balaban J connectivity index is 0.00000180. The lowest BCUT2D eigenvalue weighted by molar-refractivity contribution is -0.384. The van der Waals surface area contributed by atoms with E-state index in [0.29, 0.717) is 6.04 Å². The number of hydrogen-bond acceptors (Lipinski definition) is 4. The van der Waals surface area contributed by atoms with E-state index in [9.17, 15) is 10.1 Å². The number of halogens is 2. The first-order valence-corrected chi connectivity index (χ1v) is 6.32. The molecule has 1 fully saturated rings. The summed E-state index contributed by atoms with van der Waals surface area (Å²) in [5, 5.41) is 14.3. The van der Waals surface area contributed by atoms with Gasteiger partial charge in [-0.25, -0.2) is 0 Å². The molecule has 106 valence electrons. The van der Waals surface area contributed by atoms with Crippen molar-refractivity contribution in [2.45, 2.75) is 19.5 Å². The average Bonchev–Trinajstić information content (AvgIpc) is 2.28. The van der Waals surface area contributed by atoms with Crippen molar-refractivity contribution in [2.24, 2.45) is 0 Å². The fourth-order valence-electron chi connectivity index (χ4n) is 2.21. The third-order valence-electron chi connectivity index (χ3n) is 3.07. The molecule has 2 rings (SSSR count). The first-order valence-electron chi connectivity index (χ1n) is 5.95. The fraction of sp³-hybridized carbons (Fsp3) is 0.500. The summed E-state index contributed by atoms with van der Waals surface area (Å²) in [4.78, 5) is 12.5. The highest BCUT2D eigenvalue weighted by Gasteiger charge is 2.17. The summed E-state index contributed by atoms with van der Waals surface area (Å²) in [5.74, 6) is 0. The minimum Gasteiger partial charge on any atom is -0.312 e. The second-order valence-corrected chi connectivity index (χ2v) is 5.04. The Kier molecular flexibility index (Phi) is 6.00. The highest BCUT2D eigenvalue weighted by molar-refractivity contribution is 6.32. The molecule has 0 radical (unpaired) electrons. The molecule has 0 bridgehead atoms. The van der Waals surface area contributed by atoms with Gasteiger partial charge in [-0.05, 0) is 18.6 Å². The second-order valence-electron chi connectivity index (χ2n) is 4.63. The molecule has 1 N–H and O–H groups in total. The van der Waals surface area contributed by atoms with Crippen molar-refractivity contribution in [1.29, 1.82) is 0 Å². The van der Waals surface area contributed by atoms with Gasteiger partial charge in [-0.2, -0.15) is 0 Å². The molecule has 5 nitrogen and oxygen atoms in total. The zero-order valence-corrected chi connectivity index (χ0v) is 12.2. The van der Waals surface area contributed by atoms with E-state index < -0.39 is 4.92 Å². The lowest BCUT2D eigenvalue weighted by Gasteiger charge is -2.31. The van der Waals surface area contributed by atoms with E-state index >= 15 is 0 Å². The van der Waals surface area contributed by atoms with Gasteiger partial charge in [0.25, 0.3) is 5.69 Å². The summed E-state index contributed by atoms with van der Waals surface area (Å²) in [6, 6.07) is 5.42. The second kappa shape index (κ2) is 7.05. The molecule has 0 unspecified atom stereocenters. The minimum atomic E-state index is -0.459. The molecule has 19 heavy (non-hydrogen) atoms. The number of hydrogen-bond donors (Lipinski definition) is 1. The lowest BCUT2D eigenvalue weighted by Crippen LogP contribution is -2.48. The molecule has 0 spiro atoms. The van der Waals surface area contributed by atoms with Crippen molar-refractivity contribution >= 4 is 29.7 Å². The summed E-state index contributed by atoms with van der Waals surface area (Å²) >= 11 is 5.90. The van der Waals surface area contributed by atoms with Gasteiger partial charge in [0.2, 0.25) is 0 Å². The van der Waals surface area contributed by atoms with Crippen LogP contribution in [-0.2, 0) is 6.54 Å². The Bertz CT molecular complexity index is 457. The van der Waals surface area contributed by atoms with Crippen molar-refractivity contribution in [1.82, 2.24) is 10.2 Å². The summed E-state index contributed by atoms with van der Waals surface area (Å²) < 4.78 is 0. The van der Waals surface area contributed by atoms with Crippen LogP contribution >= 0.6 is 24.0 Å². The molecule has 1 aliphatic rings. The van der Waals surface area contributed by atoms with E-state index in [1.807, 2.05) is 0 Å².